The number of nitrogens with zero attached hydrogens (tertiary/aromatic N) is 2. The Morgan fingerprint density at radius 1 is 0.667 bits per heavy atom. The predicted molar refractivity (Wildman–Crippen MR) is 191 cm³/mol. The predicted octanol–water partition coefficient (Wildman–Crippen LogP) is 8.31. The summed E-state index contributed by atoms with van der Waals surface area (Å²) in [5.41, 5.74) is 8.73. The molecule has 2 fully saturated rings. The molecule has 3 aliphatic heterocycles. The van der Waals surface area contributed by atoms with Crippen LogP contribution in [0.3, 0.4) is 0 Å². The van der Waals surface area contributed by atoms with E-state index in [1.54, 1.807) is 12.1 Å². The number of rotatable bonds is 4. The quantitative estimate of drug-likeness (QED) is 0.198. The Morgan fingerprint density at radius 3 is 2.02 bits per heavy atom. The summed E-state index contributed by atoms with van der Waals surface area (Å²) >= 11 is 0. The number of hydrogen-bond acceptors (Lipinski definition) is 5. The van der Waals surface area contributed by atoms with Crippen molar-refractivity contribution in [3.8, 4) is 16.9 Å². The maximum atomic E-state index is 14.8. The van der Waals surface area contributed by atoms with Gasteiger partial charge in [0.05, 0.1) is 26.4 Å². The summed E-state index contributed by atoms with van der Waals surface area (Å²) in [5.74, 6) is 0.654. The molecule has 0 N–H and O–H groups in total. The lowest BCUT2D eigenvalue weighted by Gasteiger charge is -2.39. The Bertz CT molecular complexity index is 2060. The highest BCUT2D eigenvalue weighted by molar-refractivity contribution is 6.09. The maximum absolute atomic E-state index is 14.8. The van der Waals surface area contributed by atoms with Gasteiger partial charge in [-0.3, -0.25) is 0 Å². The summed E-state index contributed by atoms with van der Waals surface area (Å²) in [5, 5.41) is 2.19. The van der Waals surface area contributed by atoms with Crippen molar-refractivity contribution in [2.75, 3.05) is 62.4 Å². The second kappa shape index (κ2) is 11.2. The number of fused-ring (bicyclic) bond motifs is 8. The molecule has 1 aliphatic carbocycles. The van der Waals surface area contributed by atoms with Gasteiger partial charge < -0.3 is 24.0 Å². The van der Waals surface area contributed by atoms with Crippen LogP contribution in [-0.2, 0) is 20.5 Å². The molecule has 1 atom stereocenters. The summed E-state index contributed by atoms with van der Waals surface area (Å²) in [6, 6.07) is 31.4. The van der Waals surface area contributed by atoms with Crippen molar-refractivity contribution in [3.63, 3.8) is 0 Å². The molecule has 3 heterocycles. The molecule has 6 heteroatoms. The monoisotopic (exact) mass is 638 g/mol. The largest absolute Gasteiger partial charge is 0.472 e. The molecular formula is C42H39FN2O3. The van der Waals surface area contributed by atoms with Crippen LogP contribution in [0.1, 0.15) is 41.7 Å². The lowest BCUT2D eigenvalue weighted by atomic mass is 9.76. The van der Waals surface area contributed by atoms with Crippen LogP contribution < -0.4 is 14.5 Å². The first-order valence-corrected chi connectivity index (χ1v) is 17.1. The Kier molecular flexibility index (Phi) is 6.89. The second-order valence-corrected chi connectivity index (χ2v) is 13.8. The van der Waals surface area contributed by atoms with Crippen LogP contribution >= 0.6 is 0 Å². The SMILES string of the molecule is CC1(C)c2cc(F)ccc2-c2c1c1c(c3cc(N4CCOCC4)ccc23)OC(c2ccccc2)(c2ccc(N3CCOCC3)cc2)C=C1. The van der Waals surface area contributed by atoms with E-state index in [9.17, 15) is 4.39 Å². The Balaban J connectivity index is 1.27. The fourth-order valence-electron chi connectivity index (χ4n) is 8.37. The Labute approximate surface area is 281 Å². The molecule has 0 aromatic heterocycles. The summed E-state index contributed by atoms with van der Waals surface area (Å²) in [6.07, 6.45) is 4.50. The number of ether oxygens (including phenoxy) is 3. The smallest absolute Gasteiger partial charge is 0.178 e. The van der Waals surface area contributed by atoms with Crippen molar-refractivity contribution >= 4 is 28.2 Å². The van der Waals surface area contributed by atoms with Crippen LogP contribution in [0.25, 0.3) is 28.0 Å². The van der Waals surface area contributed by atoms with Gasteiger partial charge in [0.25, 0.3) is 0 Å². The molecule has 5 aromatic carbocycles. The van der Waals surface area contributed by atoms with Gasteiger partial charge in [0, 0.05) is 65.0 Å². The molecule has 0 radical (unpaired) electrons. The van der Waals surface area contributed by atoms with Crippen molar-refractivity contribution in [3.05, 3.63) is 131 Å². The number of benzene rings is 5. The van der Waals surface area contributed by atoms with Crippen LogP contribution in [0.4, 0.5) is 15.8 Å². The van der Waals surface area contributed by atoms with E-state index in [0.717, 1.165) is 89.4 Å². The lowest BCUT2D eigenvalue weighted by Crippen LogP contribution is -2.37. The van der Waals surface area contributed by atoms with Crippen LogP contribution in [0.5, 0.6) is 5.75 Å². The zero-order valence-electron chi connectivity index (χ0n) is 27.5. The third-order valence-corrected chi connectivity index (χ3v) is 10.8. The molecule has 5 nitrogen and oxygen atoms in total. The van der Waals surface area contributed by atoms with E-state index >= 15 is 0 Å². The third kappa shape index (κ3) is 4.50. The first-order valence-electron chi connectivity index (χ1n) is 17.1. The van der Waals surface area contributed by atoms with Gasteiger partial charge in [-0.15, -0.1) is 0 Å². The standard InChI is InChI=1S/C42H39FN2O3/c1-41(2)37-26-30(43)10-14-34(37)38-33-15-13-32(45-20-24-47-25-21-45)27-36(33)40-35(39(38)41)16-17-42(48-40,28-6-4-3-5-7-28)29-8-11-31(12-9-29)44-18-22-46-23-19-44/h3-17,26-27H,18-25H2,1-2H3. The van der Waals surface area contributed by atoms with E-state index in [1.807, 2.05) is 6.07 Å². The molecular weight excluding hydrogens is 599 g/mol. The lowest BCUT2D eigenvalue weighted by molar-refractivity contribution is 0.122. The number of halogens is 1. The first kappa shape index (κ1) is 29.5. The van der Waals surface area contributed by atoms with Gasteiger partial charge in [-0.25, -0.2) is 4.39 Å². The fraction of sp³-hybridized carbons (Fsp3) is 0.286. The molecule has 9 rings (SSSR count). The van der Waals surface area contributed by atoms with Gasteiger partial charge in [-0.2, -0.15) is 0 Å². The van der Waals surface area contributed by atoms with Crippen LogP contribution in [-0.4, -0.2) is 52.6 Å². The van der Waals surface area contributed by atoms with Crippen molar-refractivity contribution in [2.45, 2.75) is 24.9 Å². The van der Waals surface area contributed by atoms with E-state index in [-0.39, 0.29) is 5.82 Å². The van der Waals surface area contributed by atoms with Gasteiger partial charge in [0.1, 0.15) is 11.6 Å². The molecule has 0 saturated carbocycles. The molecule has 5 aromatic rings. The highest BCUT2D eigenvalue weighted by Crippen LogP contribution is 2.58. The van der Waals surface area contributed by atoms with Gasteiger partial charge in [0.2, 0.25) is 0 Å². The minimum atomic E-state index is -0.852. The van der Waals surface area contributed by atoms with Gasteiger partial charge in [-0.1, -0.05) is 74.5 Å². The molecule has 0 bridgehead atoms. The molecule has 48 heavy (non-hydrogen) atoms. The normalized spacial score (nSPS) is 21.1. The van der Waals surface area contributed by atoms with E-state index < -0.39 is 11.0 Å². The van der Waals surface area contributed by atoms with Crippen LogP contribution in [0.2, 0.25) is 0 Å². The van der Waals surface area contributed by atoms with Crippen molar-refractivity contribution in [1.82, 2.24) is 0 Å². The summed E-state index contributed by atoms with van der Waals surface area (Å²) in [4.78, 5) is 4.77. The summed E-state index contributed by atoms with van der Waals surface area (Å²) in [6.45, 7) is 10.8. The average Bonchev–Trinajstić information content (AvgIpc) is 3.38. The van der Waals surface area contributed by atoms with E-state index in [1.165, 1.54) is 16.8 Å². The highest BCUT2D eigenvalue weighted by atomic mass is 19.1. The fourth-order valence-corrected chi connectivity index (χ4v) is 8.37. The summed E-state index contributed by atoms with van der Waals surface area (Å²) in [7, 11) is 0. The molecule has 2 saturated heterocycles. The minimum absolute atomic E-state index is 0.210. The maximum Gasteiger partial charge on any atom is 0.178 e. The van der Waals surface area contributed by atoms with Crippen molar-refractivity contribution < 1.29 is 18.6 Å². The van der Waals surface area contributed by atoms with Crippen molar-refractivity contribution in [1.29, 1.82) is 0 Å². The van der Waals surface area contributed by atoms with E-state index in [2.05, 4.69) is 109 Å². The number of hydrogen-bond donors (Lipinski definition) is 0. The highest BCUT2D eigenvalue weighted by Gasteiger charge is 2.44. The van der Waals surface area contributed by atoms with E-state index in [0.29, 0.717) is 13.2 Å². The average molecular weight is 639 g/mol. The zero-order valence-corrected chi connectivity index (χ0v) is 27.5. The van der Waals surface area contributed by atoms with Gasteiger partial charge in [-0.05, 0) is 70.1 Å². The summed E-state index contributed by atoms with van der Waals surface area (Å²) < 4.78 is 33.6. The molecule has 4 aliphatic rings. The first-order chi connectivity index (χ1) is 23.4. The number of anilines is 2. The number of morpholine rings is 2. The van der Waals surface area contributed by atoms with Gasteiger partial charge in [0.15, 0.2) is 5.60 Å². The Hall–Kier alpha value is -4.65. The third-order valence-electron chi connectivity index (χ3n) is 10.8. The zero-order chi connectivity index (χ0) is 32.5. The minimum Gasteiger partial charge on any atom is -0.472 e. The molecule has 0 amide bonds. The van der Waals surface area contributed by atoms with Gasteiger partial charge >= 0.3 is 0 Å². The molecule has 242 valence electrons. The van der Waals surface area contributed by atoms with E-state index in [4.69, 9.17) is 14.2 Å². The van der Waals surface area contributed by atoms with Crippen LogP contribution in [0, 0.1) is 5.82 Å². The van der Waals surface area contributed by atoms with Crippen LogP contribution in [0.15, 0.2) is 97.1 Å². The second-order valence-electron chi connectivity index (χ2n) is 13.8. The van der Waals surface area contributed by atoms with Crippen molar-refractivity contribution in [2.24, 2.45) is 0 Å². The Morgan fingerprint density at radius 2 is 1.31 bits per heavy atom. The molecule has 1 unspecified atom stereocenters. The molecule has 0 spiro atoms. The topological polar surface area (TPSA) is 34.2 Å².